The van der Waals surface area contributed by atoms with Gasteiger partial charge in [0.15, 0.2) is 0 Å². The molecule has 7 heteroatoms. The summed E-state index contributed by atoms with van der Waals surface area (Å²) in [5.41, 5.74) is 5.11. The standard InChI is InChI=1S/C24H30ClN3O3/c1-6-30-23(29)8-7-11-31-20-12-16(2)24-22(14-20)28(17(3)26-24)15-18-9-10-19(27(4)5)13-21(18)25/h9-10,12-14H,6-8,11,15H2,1-5H3. The number of hydrogen-bond donors (Lipinski definition) is 0. The van der Waals surface area contributed by atoms with Crippen molar-refractivity contribution < 1.29 is 14.3 Å². The Balaban J connectivity index is 1.81. The number of aryl methyl sites for hydroxylation is 2. The van der Waals surface area contributed by atoms with Gasteiger partial charge in [0, 0.05) is 37.3 Å². The summed E-state index contributed by atoms with van der Waals surface area (Å²) >= 11 is 6.57. The number of rotatable bonds is 9. The van der Waals surface area contributed by atoms with Crippen molar-refractivity contribution in [2.45, 2.75) is 40.2 Å². The number of halogens is 1. The number of ether oxygens (including phenoxy) is 2. The van der Waals surface area contributed by atoms with Crippen LogP contribution in [0.2, 0.25) is 5.02 Å². The molecule has 2 aromatic carbocycles. The van der Waals surface area contributed by atoms with Crippen LogP contribution in [0, 0.1) is 13.8 Å². The van der Waals surface area contributed by atoms with Crippen LogP contribution in [0.15, 0.2) is 30.3 Å². The minimum atomic E-state index is -0.191. The first-order valence-corrected chi connectivity index (χ1v) is 10.9. The van der Waals surface area contributed by atoms with E-state index in [-0.39, 0.29) is 5.97 Å². The zero-order valence-electron chi connectivity index (χ0n) is 18.9. The number of carbonyl (C=O) groups excluding carboxylic acids is 1. The second kappa shape index (κ2) is 10.1. The Morgan fingerprint density at radius 3 is 2.65 bits per heavy atom. The average molecular weight is 444 g/mol. The van der Waals surface area contributed by atoms with E-state index in [4.69, 9.17) is 26.1 Å². The predicted octanol–water partition coefficient (Wildman–Crippen LogP) is 5.14. The van der Waals surface area contributed by atoms with Gasteiger partial charge >= 0.3 is 5.97 Å². The average Bonchev–Trinajstić information content (AvgIpc) is 3.03. The Bertz CT molecular complexity index is 1080. The summed E-state index contributed by atoms with van der Waals surface area (Å²) in [6.45, 7) is 7.32. The van der Waals surface area contributed by atoms with Crippen molar-refractivity contribution in [3.05, 3.63) is 52.3 Å². The SMILES string of the molecule is CCOC(=O)CCCOc1cc(C)c2nc(C)n(Cc3ccc(N(C)C)cc3Cl)c2c1. The van der Waals surface area contributed by atoms with Crippen molar-refractivity contribution in [3.8, 4) is 5.75 Å². The monoisotopic (exact) mass is 443 g/mol. The quantitative estimate of drug-likeness (QED) is 0.338. The first-order chi connectivity index (χ1) is 14.8. The fraction of sp³-hybridized carbons (Fsp3) is 0.417. The van der Waals surface area contributed by atoms with E-state index in [1.165, 1.54) is 0 Å². The van der Waals surface area contributed by atoms with Crippen LogP contribution in [0.5, 0.6) is 5.75 Å². The maximum absolute atomic E-state index is 11.5. The maximum atomic E-state index is 11.5. The highest BCUT2D eigenvalue weighted by Crippen LogP contribution is 2.29. The lowest BCUT2D eigenvalue weighted by Crippen LogP contribution is -2.09. The van der Waals surface area contributed by atoms with Gasteiger partial charge in [0.1, 0.15) is 11.6 Å². The predicted molar refractivity (Wildman–Crippen MR) is 125 cm³/mol. The Morgan fingerprint density at radius 2 is 1.97 bits per heavy atom. The number of nitrogens with zero attached hydrogens (tertiary/aromatic N) is 3. The zero-order chi connectivity index (χ0) is 22.5. The third kappa shape index (κ3) is 5.50. The summed E-state index contributed by atoms with van der Waals surface area (Å²) in [5, 5.41) is 0.732. The van der Waals surface area contributed by atoms with Crippen LogP contribution in [0.1, 0.15) is 36.7 Å². The summed E-state index contributed by atoms with van der Waals surface area (Å²) in [7, 11) is 3.99. The van der Waals surface area contributed by atoms with E-state index in [9.17, 15) is 4.79 Å². The van der Waals surface area contributed by atoms with E-state index < -0.39 is 0 Å². The number of aromatic nitrogens is 2. The van der Waals surface area contributed by atoms with Crippen molar-refractivity contribution in [2.24, 2.45) is 0 Å². The number of carbonyl (C=O) groups is 1. The van der Waals surface area contributed by atoms with E-state index in [2.05, 4.69) is 16.7 Å². The highest BCUT2D eigenvalue weighted by molar-refractivity contribution is 6.31. The van der Waals surface area contributed by atoms with Gasteiger partial charge in [-0.3, -0.25) is 4.79 Å². The first kappa shape index (κ1) is 22.9. The lowest BCUT2D eigenvalue weighted by Gasteiger charge is -2.15. The number of benzene rings is 2. The molecular weight excluding hydrogens is 414 g/mol. The third-order valence-electron chi connectivity index (χ3n) is 5.19. The Labute approximate surface area is 188 Å². The summed E-state index contributed by atoms with van der Waals surface area (Å²) in [4.78, 5) is 18.3. The molecule has 31 heavy (non-hydrogen) atoms. The molecule has 0 atom stereocenters. The molecule has 1 heterocycles. The Morgan fingerprint density at radius 1 is 1.19 bits per heavy atom. The molecule has 166 valence electrons. The maximum Gasteiger partial charge on any atom is 0.305 e. The van der Waals surface area contributed by atoms with Crippen molar-refractivity contribution in [3.63, 3.8) is 0 Å². The molecule has 0 bridgehead atoms. The van der Waals surface area contributed by atoms with Gasteiger partial charge in [-0.1, -0.05) is 17.7 Å². The van der Waals surface area contributed by atoms with E-state index in [1.807, 2.05) is 51.0 Å². The van der Waals surface area contributed by atoms with Gasteiger partial charge in [-0.15, -0.1) is 0 Å². The molecule has 1 aromatic heterocycles. The third-order valence-corrected chi connectivity index (χ3v) is 5.54. The van der Waals surface area contributed by atoms with Crippen LogP contribution in [0.3, 0.4) is 0 Å². The topological polar surface area (TPSA) is 56.6 Å². The summed E-state index contributed by atoms with van der Waals surface area (Å²) in [5.74, 6) is 1.50. The van der Waals surface area contributed by atoms with Crippen molar-refractivity contribution >= 4 is 34.3 Å². The van der Waals surface area contributed by atoms with E-state index in [0.29, 0.717) is 32.6 Å². The van der Waals surface area contributed by atoms with Crippen LogP contribution >= 0.6 is 11.6 Å². The van der Waals surface area contributed by atoms with Crippen LogP contribution < -0.4 is 9.64 Å². The molecular formula is C24H30ClN3O3. The number of anilines is 1. The fourth-order valence-corrected chi connectivity index (χ4v) is 3.75. The van der Waals surface area contributed by atoms with Gasteiger partial charge in [-0.2, -0.15) is 0 Å². The number of imidazole rings is 1. The molecule has 0 radical (unpaired) electrons. The van der Waals surface area contributed by atoms with E-state index >= 15 is 0 Å². The number of esters is 1. The van der Waals surface area contributed by atoms with Crippen molar-refractivity contribution in [2.75, 3.05) is 32.2 Å². The van der Waals surface area contributed by atoms with Crippen LogP contribution in [0.25, 0.3) is 11.0 Å². The Hall–Kier alpha value is -2.73. The molecule has 0 saturated carbocycles. The molecule has 0 unspecified atom stereocenters. The van der Waals surface area contributed by atoms with Gasteiger partial charge in [0.05, 0.1) is 30.8 Å². The van der Waals surface area contributed by atoms with E-state index in [1.54, 1.807) is 6.92 Å². The second-order valence-electron chi connectivity index (χ2n) is 7.78. The van der Waals surface area contributed by atoms with Crippen molar-refractivity contribution in [1.82, 2.24) is 9.55 Å². The molecule has 0 saturated heterocycles. The van der Waals surface area contributed by atoms with Gasteiger partial charge < -0.3 is 18.9 Å². The van der Waals surface area contributed by atoms with Gasteiger partial charge in [0.25, 0.3) is 0 Å². The summed E-state index contributed by atoms with van der Waals surface area (Å²) < 4.78 is 13.0. The van der Waals surface area contributed by atoms with Gasteiger partial charge in [-0.25, -0.2) is 4.98 Å². The summed E-state index contributed by atoms with van der Waals surface area (Å²) in [6.07, 6.45) is 0.968. The molecule has 0 fully saturated rings. The molecule has 3 rings (SSSR count). The van der Waals surface area contributed by atoms with Gasteiger partial charge in [0.2, 0.25) is 0 Å². The molecule has 6 nitrogen and oxygen atoms in total. The highest BCUT2D eigenvalue weighted by atomic mass is 35.5. The fourth-order valence-electron chi connectivity index (χ4n) is 3.51. The van der Waals surface area contributed by atoms with Crippen LogP contribution in [0.4, 0.5) is 5.69 Å². The lowest BCUT2D eigenvalue weighted by atomic mass is 10.1. The number of fused-ring (bicyclic) bond motifs is 1. The largest absolute Gasteiger partial charge is 0.493 e. The smallest absolute Gasteiger partial charge is 0.305 e. The van der Waals surface area contributed by atoms with Crippen molar-refractivity contribution in [1.29, 1.82) is 0 Å². The summed E-state index contributed by atoms with van der Waals surface area (Å²) in [6, 6.07) is 10.1. The lowest BCUT2D eigenvalue weighted by molar-refractivity contribution is -0.143. The highest BCUT2D eigenvalue weighted by Gasteiger charge is 2.14. The second-order valence-corrected chi connectivity index (χ2v) is 8.19. The van der Waals surface area contributed by atoms with Crippen LogP contribution in [-0.2, 0) is 16.1 Å². The molecule has 0 aliphatic heterocycles. The first-order valence-electron chi connectivity index (χ1n) is 10.5. The molecule has 0 aliphatic carbocycles. The van der Waals surface area contributed by atoms with E-state index in [0.717, 1.165) is 44.4 Å². The zero-order valence-corrected chi connectivity index (χ0v) is 19.6. The van der Waals surface area contributed by atoms with Gasteiger partial charge in [-0.05, 0) is 56.5 Å². The molecule has 0 spiro atoms. The normalized spacial score (nSPS) is 11.0. The molecule has 0 N–H and O–H groups in total. The molecule has 0 aliphatic rings. The minimum Gasteiger partial charge on any atom is -0.493 e. The van der Waals surface area contributed by atoms with Crippen LogP contribution in [-0.4, -0.2) is 42.8 Å². The molecule has 0 amide bonds. The number of hydrogen-bond acceptors (Lipinski definition) is 5. The Kier molecular flexibility index (Phi) is 7.44. The minimum absolute atomic E-state index is 0.191. The molecule has 3 aromatic rings.